The van der Waals surface area contributed by atoms with Crippen molar-refractivity contribution in [3.63, 3.8) is 0 Å². The molecule has 0 unspecified atom stereocenters. The fraction of sp³-hybridized carbons (Fsp3) is 0.400. The third kappa shape index (κ3) is 2.79. The molecule has 0 saturated carbocycles. The van der Waals surface area contributed by atoms with Gasteiger partial charge in [0.25, 0.3) is 10.0 Å². The van der Waals surface area contributed by atoms with Crippen LogP contribution in [0.2, 0.25) is 0 Å². The molecule has 1 aliphatic rings. The molecule has 1 fully saturated rings. The average molecular weight is 321 g/mol. The van der Waals surface area contributed by atoms with Gasteiger partial charge in [0.2, 0.25) is 0 Å². The highest BCUT2D eigenvalue weighted by Gasteiger charge is 2.41. The third-order valence-electron chi connectivity index (χ3n) is 4.00. The molecule has 3 rings (SSSR count). The van der Waals surface area contributed by atoms with Crippen LogP contribution in [0, 0.1) is 0 Å². The Morgan fingerprint density at radius 1 is 1.32 bits per heavy atom. The average Bonchev–Trinajstić information content (AvgIpc) is 3.08. The third-order valence-corrected chi connectivity index (χ3v) is 5.81. The number of aryl methyl sites for hydroxylation is 1. The largest absolute Gasteiger partial charge is 0.391 e. The van der Waals surface area contributed by atoms with Crippen LogP contribution in [-0.2, 0) is 23.5 Å². The van der Waals surface area contributed by atoms with E-state index in [0.29, 0.717) is 19.4 Å². The zero-order chi connectivity index (χ0) is 15.7. The van der Waals surface area contributed by atoms with Crippen molar-refractivity contribution in [1.29, 1.82) is 0 Å². The molecule has 2 heterocycles. The van der Waals surface area contributed by atoms with E-state index in [0.717, 1.165) is 5.56 Å². The summed E-state index contributed by atoms with van der Waals surface area (Å²) in [6.07, 6.45) is 3.24. The van der Waals surface area contributed by atoms with Crippen molar-refractivity contribution < 1.29 is 13.5 Å². The molecule has 0 bridgehead atoms. The van der Waals surface area contributed by atoms with Gasteiger partial charge in [0.05, 0.1) is 18.5 Å². The second-order valence-corrected chi connectivity index (χ2v) is 7.44. The highest BCUT2D eigenvalue weighted by molar-refractivity contribution is 7.89. The van der Waals surface area contributed by atoms with Gasteiger partial charge in [-0.1, -0.05) is 30.3 Å². The summed E-state index contributed by atoms with van der Waals surface area (Å²) in [6, 6.07) is 9.17. The molecule has 1 aromatic carbocycles. The van der Waals surface area contributed by atoms with Crippen LogP contribution in [0.1, 0.15) is 12.0 Å². The quantitative estimate of drug-likeness (QED) is 0.903. The van der Waals surface area contributed by atoms with Gasteiger partial charge in [0.1, 0.15) is 0 Å². The topological polar surface area (TPSA) is 75.4 Å². The Bertz CT molecular complexity index is 742. The molecule has 1 N–H and O–H groups in total. The molecular formula is C15H19N3O3S. The van der Waals surface area contributed by atoms with Crippen molar-refractivity contribution in [2.75, 3.05) is 6.54 Å². The van der Waals surface area contributed by atoms with Gasteiger partial charge < -0.3 is 9.67 Å². The van der Waals surface area contributed by atoms with Crippen LogP contribution in [0.3, 0.4) is 0 Å². The summed E-state index contributed by atoms with van der Waals surface area (Å²) in [7, 11) is -1.95. The summed E-state index contributed by atoms with van der Waals surface area (Å²) in [6.45, 7) is 0.317. The number of aromatic nitrogens is 2. The number of hydrogen-bond acceptors (Lipinski definition) is 4. The molecule has 7 heteroatoms. The van der Waals surface area contributed by atoms with E-state index >= 15 is 0 Å². The normalized spacial score (nSPS) is 23.0. The van der Waals surface area contributed by atoms with Gasteiger partial charge in [0, 0.05) is 19.8 Å². The lowest BCUT2D eigenvalue weighted by molar-refractivity contribution is 0.142. The van der Waals surface area contributed by atoms with Crippen LogP contribution >= 0.6 is 0 Å². The van der Waals surface area contributed by atoms with Crippen LogP contribution in [0.25, 0.3) is 0 Å². The smallest absolute Gasteiger partial charge is 0.262 e. The molecule has 0 amide bonds. The van der Waals surface area contributed by atoms with E-state index in [4.69, 9.17) is 0 Å². The molecule has 6 nitrogen and oxygen atoms in total. The van der Waals surface area contributed by atoms with E-state index in [1.165, 1.54) is 16.8 Å². The Morgan fingerprint density at radius 2 is 2.05 bits per heavy atom. The number of sulfonamides is 1. The number of hydrogen-bond donors (Lipinski definition) is 1. The number of benzene rings is 1. The number of rotatable bonds is 4. The lowest BCUT2D eigenvalue weighted by Crippen LogP contribution is -2.41. The van der Waals surface area contributed by atoms with E-state index in [-0.39, 0.29) is 5.03 Å². The molecule has 1 aromatic heterocycles. The SMILES string of the molecule is Cn1cnc(S(=O)(=O)N2CC[C@@H](O)[C@@H]2Cc2ccccc2)c1. The first-order valence-electron chi connectivity index (χ1n) is 7.20. The fourth-order valence-electron chi connectivity index (χ4n) is 2.84. The molecule has 118 valence electrons. The van der Waals surface area contributed by atoms with E-state index in [9.17, 15) is 13.5 Å². The maximum Gasteiger partial charge on any atom is 0.262 e. The van der Waals surface area contributed by atoms with Crippen molar-refractivity contribution in [2.45, 2.75) is 30.0 Å². The first-order chi connectivity index (χ1) is 10.5. The molecule has 2 aromatic rings. The molecular weight excluding hydrogens is 302 g/mol. The van der Waals surface area contributed by atoms with Gasteiger partial charge in [-0.2, -0.15) is 4.31 Å². The molecule has 2 atom stereocenters. The lowest BCUT2D eigenvalue weighted by atomic mass is 10.0. The lowest BCUT2D eigenvalue weighted by Gasteiger charge is -2.25. The second-order valence-electron chi connectivity index (χ2n) is 5.61. The second kappa shape index (κ2) is 5.83. The van der Waals surface area contributed by atoms with Crippen molar-refractivity contribution in [3.8, 4) is 0 Å². The predicted octanol–water partition coefficient (Wildman–Crippen LogP) is 0.787. The Kier molecular flexibility index (Phi) is 4.03. The van der Waals surface area contributed by atoms with E-state index < -0.39 is 22.2 Å². The first-order valence-corrected chi connectivity index (χ1v) is 8.64. The number of aliphatic hydroxyl groups excluding tert-OH is 1. The summed E-state index contributed by atoms with van der Waals surface area (Å²) in [5.74, 6) is 0. The van der Waals surface area contributed by atoms with Crippen LogP contribution in [-0.4, -0.2) is 46.1 Å². The zero-order valence-corrected chi connectivity index (χ0v) is 13.1. The van der Waals surface area contributed by atoms with E-state index in [2.05, 4.69) is 4.98 Å². The van der Waals surface area contributed by atoms with Crippen molar-refractivity contribution >= 4 is 10.0 Å². The Morgan fingerprint density at radius 3 is 2.68 bits per heavy atom. The van der Waals surface area contributed by atoms with Gasteiger partial charge in [-0.15, -0.1) is 0 Å². The Balaban J connectivity index is 1.88. The number of aliphatic hydroxyl groups is 1. The zero-order valence-electron chi connectivity index (χ0n) is 12.3. The Labute approximate surface area is 130 Å². The minimum atomic E-state index is -3.68. The van der Waals surface area contributed by atoms with Crippen LogP contribution in [0.15, 0.2) is 47.9 Å². The van der Waals surface area contributed by atoms with E-state index in [1.807, 2.05) is 30.3 Å². The molecule has 22 heavy (non-hydrogen) atoms. The highest BCUT2D eigenvalue weighted by Crippen LogP contribution is 2.27. The van der Waals surface area contributed by atoms with Gasteiger partial charge in [0.15, 0.2) is 5.03 Å². The first kappa shape index (κ1) is 15.2. The van der Waals surface area contributed by atoms with Crippen LogP contribution < -0.4 is 0 Å². The maximum atomic E-state index is 12.7. The standard InChI is InChI=1S/C15H19N3O3S/c1-17-10-15(16-11-17)22(20,21)18-8-7-14(19)13(18)9-12-5-3-2-4-6-12/h2-6,10-11,13-14,19H,7-9H2,1H3/t13-,14+/m0/s1. The monoisotopic (exact) mass is 321 g/mol. The molecule has 1 saturated heterocycles. The van der Waals surface area contributed by atoms with Gasteiger partial charge in [-0.25, -0.2) is 13.4 Å². The van der Waals surface area contributed by atoms with Gasteiger partial charge in [-0.3, -0.25) is 0 Å². The molecule has 0 spiro atoms. The van der Waals surface area contributed by atoms with Crippen molar-refractivity contribution in [3.05, 3.63) is 48.4 Å². The minimum Gasteiger partial charge on any atom is -0.391 e. The summed E-state index contributed by atoms with van der Waals surface area (Å²) in [4.78, 5) is 3.95. The van der Waals surface area contributed by atoms with Crippen molar-refractivity contribution in [1.82, 2.24) is 13.9 Å². The van der Waals surface area contributed by atoms with Crippen LogP contribution in [0.5, 0.6) is 0 Å². The number of imidazole rings is 1. The fourth-order valence-corrected chi connectivity index (χ4v) is 4.48. The van der Waals surface area contributed by atoms with Crippen LogP contribution in [0.4, 0.5) is 0 Å². The van der Waals surface area contributed by atoms with Gasteiger partial charge in [-0.05, 0) is 18.4 Å². The highest BCUT2D eigenvalue weighted by atomic mass is 32.2. The van der Waals surface area contributed by atoms with Gasteiger partial charge >= 0.3 is 0 Å². The number of nitrogens with zero attached hydrogens (tertiary/aromatic N) is 3. The van der Waals surface area contributed by atoms with E-state index in [1.54, 1.807) is 11.6 Å². The summed E-state index contributed by atoms with van der Waals surface area (Å²) in [5, 5.41) is 10.2. The van der Waals surface area contributed by atoms with Crippen molar-refractivity contribution in [2.24, 2.45) is 7.05 Å². The molecule has 0 aliphatic carbocycles. The Hall–Kier alpha value is -1.70. The molecule has 0 radical (unpaired) electrons. The molecule has 1 aliphatic heterocycles. The predicted molar refractivity (Wildman–Crippen MR) is 81.7 cm³/mol. The summed E-state index contributed by atoms with van der Waals surface area (Å²) in [5.41, 5.74) is 1.01. The summed E-state index contributed by atoms with van der Waals surface area (Å²) >= 11 is 0. The summed E-state index contributed by atoms with van der Waals surface area (Å²) < 4.78 is 28.5. The minimum absolute atomic E-state index is 0.0298. The maximum absolute atomic E-state index is 12.7.